The third-order valence-corrected chi connectivity index (χ3v) is 4.23. The van der Waals surface area contributed by atoms with Crippen LogP contribution in [0.4, 0.5) is 0 Å². The molecule has 1 aromatic carbocycles. The van der Waals surface area contributed by atoms with Crippen molar-refractivity contribution in [3.63, 3.8) is 0 Å². The Balaban J connectivity index is 1.64. The summed E-state index contributed by atoms with van der Waals surface area (Å²) in [7, 11) is 0. The Morgan fingerprint density at radius 2 is 2.12 bits per heavy atom. The van der Waals surface area contributed by atoms with Crippen LogP contribution in [0.1, 0.15) is 28.2 Å². The van der Waals surface area contributed by atoms with E-state index in [-0.39, 0.29) is 5.91 Å². The Labute approximate surface area is 145 Å². The minimum atomic E-state index is -0.135. The van der Waals surface area contributed by atoms with Crippen LogP contribution in [0.15, 0.2) is 36.5 Å². The fourth-order valence-electron chi connectivity index (χ4n) is 2.75. The van der Waals surface area contributed by atoms with Gasteiger partial charge in [-0.25, -0.2) is 0 Å². The molecular formula is C18H19ClN4O. The molecule has 0 bridgehead atoms. The first-order chi connectivity index (χ1) is 11.6. The first-order valence-corrected chi connectivity index (χ1v) is 8.26. The van der Waals surface area contributed by atoms with Gasteiger partial charge in [-0.15, -0.1) is 0 Å². The van der Waals surface area contributed by atoms with E-state index in [0.29, 0.717) is 22.6 Å². The second kappa shape index (κ2) is 7.01. The number of fused-ring (bicyclic) bond motifs is 1. The molecule has 3 aromatic rings. The summed E-state index contributed by atoms with van der Waals surface area (Å²) >= 11 is 6.16. The Morgan fingerprint density at radius 3 is 2.88 bits per heavy atom. The zero-order chi connectivity index (χ0) is 17.1. The number of halogens is 1. The molecule has 2 heterocycles. The number of nitrogens with one attached hydrogen (secondary N) is 1. The van der Waals surface area contributed by atoms with Crippen LogP contribution in [-0.4, -0.2) is 27.2 Å². The Kier molecular flexibility index (Phi) is 4.81. The SMILES string of the molecule is Cc1cc(C)n(CCCNC(=O)c2ccc(Cl)c3cccnc23)n1. The number of aromatic nitrogens is 3. The average molecular weight is 343 g/mol. The molecule has 2 aromatic heterocycles. The Hall–Kier alpha value is -2.40. The lowest BCUT2D eigenvalue weighted by Crippen LogP contribution is -2.25. The van der Waals surface area contributed by atoms with Crippen LogP contribution in [-0.2, 0) is 6.54 Å². The van der Waals surface area contributed by atoms with Gasteiger partial charge in [-0.3, -0.25) is 14.5 Å². The maximum absolute atomic E-state index is 12.4. The van der Waals surface area contributed by atoms with Gasteiger partial charge in [0.25, 0.3) is 5.91 Å². The number of hydrogen-bond acceptors (Lipinski definition) is 3. The van der Waals surface area contributed by atoms with E-state index >= 15 is 0 Å². The molecule has 6 heteroatoms. The van der Waals surface area contributed by atoms with E-state index in [1.807, 2.05) is 36.7 Å². The van der Waals surface area contributed by atoms with Crippen molar-refractivity contribution in [2.75, 3.05) is 6.54 Å². The fraction of sp³-hybridized carbons (Fsp3) is 0.278. The summed E-state index contributed by atoms with van der Waals surface area (Å²) in [6, 6.07) is 9.17. The summed E-state index contributed by atoms with van der Waals surface area (Å²) in [5.74, 6) is -0.135. The molecule has 0 spiro atoms. The lowest BCUT2D eigenvalue weighted by atomic mass is 10.1. The highest BCUT2D eigenvalue weighted by Gasteiger charge is 2.12. The number of carbonyl (C=O) groups excluding carboxylic acids is 1. The smallest absolute Gasteiger partial charge is 0.253 e. The van der Waals surface area contributed by atoms with Crippen molar-refractivity contribution < 1.29 is 4.79 Å². The molecule has 1 amide bonds. The second-order valence-corrected chi connectivity index (χ2v) is 6.16. The number of benzene rings is 1. The molecule has 0 unspecified atom stereocenters. The van der Waals surface area contributed by atoms with Gasteiger partial charge in [-0.1, -0.05) is 11.6 Å². The van der Waals surface area contributed by atoms with Gasteiger partial charge in [-0.2, -0.15) is 5.10 Å². The van der Waals surface area contributed by atoms with Gasteiger partial charge in [0.1, 0.15) is 0 Å². The van der Waals surface area contributed by atoms with Gasteiger partial charge < -0.3 is 5.32 Å². The van der Waals surface area contributed by atoms with Crippen molar-refractivity contribution in [2.24, 2.45) is 0 Å². The minimum Gasteiger partial charge on any atom is -0.352 e. The Bertz CT molecular complexity index is 888. The fourth-order valence-corrected chi connectivity index (χ4v) is 2.96. The van der Waals surface area contributed by atoms with Crippen LogP contribution < -0.4 is 5.32 Å². The van der Waals surface area contributed by atoms with E-state index in [9.17, 15) is 4.79 Å². The number of aryl methyl sites for hydroxylation is 3. The van der Waals surface area contributed by atoms with E-state index in [0.717, 1.165) is 29.7 Å². The molecule has 0 atom stereocenters. The molecule has 0 aliphatic rings. The highest BCUT2D eigenvalue weighted by Crippen LogP contribution is 2.24. The molecule has 0 aliphatic heterocycles. The van der Waals surface area contributed by atoms with E-state index in [4.69, 9.17) is 11.6 Å². The number of rotatable bonds is 5. The van der Waals surface area contributed by atoms with Crippen LogP contribution in [0.2, 0.25) is 5.02 Å². The largest absolute Gasteiger partial charge is 0.352 e. The highest BCUT2D eigenvalue weighted by atomic mass is 35.5. The summed E-state index contributed by atoms with van der Waals surface area (Å²) in [5, 5.41) is 8.74. The van der Waals surface area contributed by atoms with Crippen LogP contribution in [0, 0.1) is 13.8 Å². The normalized spacial score (nSPS) is 11.0. The Morgan fingerprint density at radius 1 is 1.29 bits per heavy atom. The maximum atomic E-state index is 12.4. The molecule has 24 heavy (non-hydrogen) atoms. The molecule has 0 aliphatic carbocycles. The topological polar surface area (TPSA) is 59.8 Å². The predicted octanol–water partition coefficient (Wildman–Crippen LogP) is 3.52. The standard InChI is InChI=1S/C18H19ClN4O/c1-12-11-13(2)23(22-12)10-4-9-21-18(24)15-6-7-16(19)14-5-3-8-20-17(14)15/h3,5-8,11H,4,9-10H2,1-2H3,(H,21,24). The lowest BCUT2D eigenvalue weighted by molar-refractivity contribution is 0.0954. The first-order valence-electron chi connectivity index (χ1n) is 7.89. The summed E-state index contributed by atoms with van der Waals surface area (Å²) in [4.78, 5) is 16.7. The highest BCUT2D eigenvalue weighted by molar-refractivity contribution is 6.36. The van der Waals surface area contributed by atoms with Gasteiger partial charge >= 0.3 is 0 Å². The molecule has 1 N–H and O–H groups in total. The van der Waals surface area contributed by atoms with Gasteiger partial charge in [0.2, 0.25) is 0 Å². The van der Waals surface area contributed by atoms with Crippen LogP contribution in [0.5, 0.6) is 0 Å². The second-order valence-electron chi connectivity index (χ2n) is 5.75. The molecule has 0 saturated heterocycles. The van der Waals surface area contributed by atoms with E-state index in [1.165, 1.54) is 0 Å². The van der Waals surface area contributed by atoms with Gasteiger partial charge in [-0.05, 0) is 50.6 Å². The third kappa shape index (κ3) is 3.41. The first kappa shape index (κ1) is 16.5. The number of amides is 1. The summed E-state index contributed by atoms with van der Waals surface area (Å²) in [6.45, 7) is 5.36. The van der Waals surface area contributed by atoms with Gasteiger partial charge in [0, 0.05) is 30.4 Å². The molecule has 0 saturated carbocycles. The number of pyridine rings is 1. The number of carbonyl (C=O) groups is 1. The van der Waals surface area contributed by atoms with Crippen molar-refractivity contribution in [1.29, 1.82) is 0 Å². The van der Waals surface area contributed by atoms with Gasteiger partial charge in [0.15, 0.2) is 0 Å². The van der Waals surface area contributed by atoms with E-state index < -0.39 is 0 Å². The number of hydrogen-bond donors (Lipinski definition) is 1. The molecule has 3 rings (SSSR count). The van der Waals surface area contributed by atoms with Crippen LogP contribution >= 0.6 is 11.6 Å². The van der Waals surface area contributed by atoms with Crippen LogP contribution in [0.25, 0.3) is 10.9 Å². The van der Waals surface area contributed by atoms with E-state index in [1.54, 1.807) is 18.3 Å². The van der Waals surface area contributed by atoms with Gasteiger partial charge in [0.05, 0.1) is 21.8 Å². The summed E-state index contributed by atoms with van der Waals surface area (Å²) < 4.78 is 1.96. The zero-order valence-electron chi connectivity index (χ0n) is 13.7. The predicted molar refractivity (Wildman–Crippen MR) is 95.4 cm³/mol. The molecular weight excluding hydrogens is 324 g/mol. The lowest BCUT2D eigenvalue weighted by Gasteiger charge is -2.09. The van der Waals surface area contributed by atoms with Crippen molar-refractivity contribution in [2.45, 2.75) is 26.8 Å². The maximum Gasteiger partial charge on any atom is 0.253 e. The number of nitrogens with zero attached hydrogens (tertiary/aromatic N) is 3. The van der Waals surface area contributed by atoms with E-state index in [2.05, 4.69) is 15.4 Å². The summed E-state index contributed by atoms with van der Waals surface area (Å²) in [5.41, 5.74) is 3.31. The van der Waals surface area contributed by atoms with Crippen LogP contribution in [0.3, 0.4) is 0 Å². The van der Waals surface area contributed by atoms with Crippen molar-refractivity contribution in [3.8, 4) is 0 Å². The van der Waals surface area contributed by atoms with Crippen molar-refractivity contribution in [1.82, 2.24) is 20.1 Å². The van der Waals surface area contributed by atoms with Crippen molar-refractivity contribution >= 4 is 28.4 Å². The zero-order valence-corrected chi connectivity index (χ0v) is 14.5. The average Bonchev–Trinajstić information content (AvgIpc) is 2.89. The summed E-state index contributed by atoms with van der Waals surface area (Å²) in [6.07, 6.45) is 2.48. The molecule has 124 valence electrons. The minimum absolute atomic E-state index is 0.135. The quantitative estimate of drug-likeness (QED) is 0.722. The molecule has 0 fully saturated rings. The monoisotopic (exact) mass is 342 g/mol. The van der Waals surface area contributed by atoms with Crippen molar-refractivity contribution in [3.05, 3.63) is 58.5 Å². The molecule has 0 radical (unpaired) electrons. The third-order valence-electron chi connectivity index (χ3n) is 3.90. The molecule has 5 nitrogen and oxygen atoms in total.